The molecule has 1 heterocycles. The molecule has 1 rings (SSSR count). The van der Waals surface area contributed by atoms with E-state index in [0.29, 0.717) is 31.3 Å². The van der Waals surface area contributed by atoms with Crippen molar-refractivity contribution in [3.05, 3.63) is 5.82 Å². The first-order chi connectivity index (χ1) is 10.0. The average Bonchev–Trinajstić information content (AvgIpc) is 2.89. The molecule has 0 atom stereocenters. The minimum atomic E-state index is -2.59. The molecule has 1 aromatic rings. The number of carbonyl (C=O) groups is 1. The highest BCUT2D eigenvalue weighted by atomic mass is 28.4. The second-order valence-electron chi connectivity index (χ2n) is 4.28. The molecule has 0 fully saturated rings. The molecule has 10 heteroatoms. The quantitative estimate of drug-likeness (QED) is 0.522. The molecule has 0 saturated carbocycles. The van der Waals surface area contributed by atoms with Gasteiger partial charge in [-0.1, -0.05) is 6.92 Å². The number of rotatable bonds is 8. The molecule has 3 N–H and O–H groups in total. The number of nitrogens with two attached hydrogens (primary N) is 1. The van der Waals surface area contributed by atoms with Crippen LogP contribution in [0.1, 0.15) is 19.2 Å². The van der Waals surface area contributed by atoms with Gasteiger partial charge in [0.25, 0.3) is 0 Å². The molecule has 0 radical (unpaired) electrons. The first-order valence-corrected chi connectivity index (χ1v) is 8.60. The summed E-state index contributed by atoms with van der Waals surface area (Å²) in [5, 5.41) is 6.73. The van der Waals surface area contributed by atoms with Crippen molar-refractivity contribution in [3.63, 3.8) is 0 Å². The Bertz CT molecular complexity index is 455. The third-order valence-corrected chi connectivity index (χ3v) is 5.89. The van der Waals surface area contributed by atoms with Crippen molar-refractivity contribution in [2.75, 3.05) is 33.6 Å². The molecule has 0 unspecified atom stereocenters. The SMILES string of the molecule is CCc1nc(N)n(C(=O)NCCC[Si](OC)(OC)OC)n1. The Morgan fingerprint density at radius 2 is 1.95 bits per heavy atom. The summed E-state index contributed by atoms with van der Waals surface area (Å²) in [5.41, 5.74) is 5.63. The van der Waals surface area contributed by atoms with Crippen LogP contribution in [0.15, 0.2) is 0 Å². The lowest BCUT2D eigenvalue weighted by Gasteiger charge is -2.24. The van der Waals surface area contributed by atoms with Gasteiger partial charge in [0, 0.05) is 40.3 Å². The molecule has 120 valence electrons. The van der Waals surface area contributed by atoms with E-state index in [2.05, 4.69) is 15.4 Å². The first-order valence-electron chi connectivity index (χ1n) is 6.67. The lowest BCUT2D eigenvalue weighted by atomic mass is 10.5. The number of aryl methyl sites for hydroxylation is 1. The number of nitrogens with one attached hydrogen (secondary N) is 1. The summed E-state index contributed by atoms with van der Waals surface area (Å²) in [5.74, 6) is 0.617. The van der Waals surface area contributed by atoms with Gasteiger partial charge in [-0.25, -0.2) is 4.79 Å². The van der Waals surface area contributed by atoms with Crippen molar-refractivity contribution < 1.29 is 18.1 Å². The van der Waals surface area contributed by atoms with Crippen LogP contribution in [-0.4, -0.2) is 57.5 Å². The van der Waals surface area contributed by atoms with Crippen LogP contribution in [0.5, 0.6) is 0 Å². The van der Waals surface area contributed by atoms with Crippen LogP contribution in [0.2, 0.25) is 6.04 Å². The Balaban J connectivity index is 2.45. The zero-order valence-corrected chi connectivity index (χ0v) is 13.9. The van der Waals surface area contributed by atoms with Gasteiger partial charge in [-0.3, -0.25) is 0 Å². The van der Waals surface area contributed by atoms with Crippen molar-refractivity contribution in [2.24, 2.45) is 0 Å². The lowest BCUT2D eigenvalue weighted by molar-refractivity contribution is 0.123. The van der Waals surface area contributed by atoms with Crippen molar-refractivity contribution in [2.45, 2.75) is 25.8 Å². The third kappa shape index (κ3) is 4.49. The van der Waals surface area contributed by atoms with Crippen LogP contribution in [0.3, 0.4) is 0 Å². The molecule has 0 aromatic carbocycles. The molecule has 0 aliphatic rings. The van der Waals surface area contributed by atoms with Gasteiger partial charge >= 0.3 is 14.8 Å². The Morgan fingerprint density at radius 1 is 1.33 bits per heavy atom. The maximum absolute atomic E-state index is 11.9. The number of nitrogen functional groups attached to an aromatic ring is 1. The summed E-state index contributed by atoms with van der Waals surface area (Å²) in [4.78, 5) is 15.9. The number of hydrogen-bond acceptors (Lipinski definition) is 7. The van der Waals surface area contributed by atoms with Crippen molar-refractivity contribution >= 4 is 20.8 Å². The van der Waals surface area contributed by atoms with E-state index in [4.69, 9.17) is 19.0 Å². The van der Waals surface area contributed by atoms with E-state index >= 15 is 0 Å². The molecule has 21 heavy (non-hydrogen) atoms. The zero-order valence-electron chi connectivity index (χ0n) is 12.9. The van der Waals surface area contributed by atoms with Crippen LogP contribution in [-0.2, 0) is 19.7 Å². The maximum atomic E-state index is 11.9. The number of carbonyl (C=O) groups excluding carboxylic acids is 1. The van der Waals surface area contributed by atoms with Crippen LogP contribution >= 0.6 is 0 Å². The average molecular weight is 317 g/mol. The normalized spacial score (nSPS) is 11.6. The second-order valence-corrected chi connectivity index (χ2v) is 7.37. The maximum Gasteiger partial charge on any atom is 0.500 e. The summed E-state index contributed by atoms with van der Waals surface area (Å²) in [7, 11) is 2.08. The fraction of sp³-hybridized carbons (Fsp3) is 0.727. The van der Waals surface area contributed by atoms with Crippen molar-refractivity contribution in [1.29, 1.82) is 0 Å². The number of nitrogens with zero attached hydrogens (tertiary/aromatic N) is 3. The highest BCUT2D eigenvalue weighted by Crippen LogP contribution is 2.14. The van der Waals surface area contributed by atoms with Gasteiger partial charge in [-0.15, -0.1) is 9.78 Å². The third-order valence-electron chi connectivity index (χ3n) is 3.05. The Hall–Kier alpha value is -1.49. The van der Waals surface area contributed by atoms with Crippen LogP contribution in [0, 0.1) is 0 Å². The van der Waals surface area contributed by atoms with Crippen LogP contribution < -0.4 is 11.1 Å². The van der Waals surface area contributed by atoms with E-state index < -0.39 is 14.8 Å². The number of hydrogen-bond donors (Lipinski definition) is 2. The van der Waals surface area contributed by atoms with Gasteiger partial charge in [0.15, 0.2) is 5.82 Å². The minimum absolute atomic E-state index is 0.0822. The standard InChI is InChI=1S/C11H23N5O4Si/c1-5-9-14-10(12)16(15-9)11(17)13-7-6-8-21(18-2,19-3)20-4/h5-8H2,1-4H3,(H,13,17)(H2,12,14,15). The zero-order chi connectivity index (χ0) is 15.9. The van der Waals surface area contributed by atoms with E-state index in [9.17, 15) is 4.79 Å². The van der Waals surface area contributed by atoms with Gasteiger partial charge in [0.1, 0.15) is 0 Å². The summed E-state index contributed by atoms with van der Waals surface area (Å²) < 4.78 is 17.0. The van der Waals surface area contributed by atoms with Crippen LogP contribution in [0.25, 0.3) is 0 Å². The van der Waals surface area contributed by atoms with Gasteiger partial charge < -0.3 is 24.3 Å². The summed E-state index contributed by atoms with van der Waals surface area (Å²) in [6.45, 7) is 2.33. The summed E-state index contributed by atoms with van der Waals surface area (Å²) >= 11 is 0. The molecule has 1 amide bonds. The highest BCUT2D eigenvalue weighted by Gasteiger charge is 2.36. The molecule has 9 nitrogen and oxygen atoms in total. The Morgan fingerprint density at radius 3 is 2.43 bits per heavy atom. The summed E-state index contributed by atoms with van der Waals surface area (Å²) in [6.07, 6.45) is 1.27. The van der Waals surface area contributed by atoms with E-state index in [1.807, 2.05) is 6.92 Å². The molecule has 0 saturated heterocycles. The highest BCUT2D eigenvalue weighted by molar-refractivity contribution is 6.60. The van der Waals surface area contributed by atoms with E-state index in [-0.39, 0.29) is 5.95 Å². The monoisotopic (exact) mass is 317 g/mol. The smallest absolute Gasteiger partial charge is 0.377 e. The molecule has 0 aliphatic heterocycles. The van der Waals surface area contributed by atoms with Gasteiger partial charge in [-0.2, -0.15) is 4.98 Å². The minimum Gasteiger partial charge on any atom is -0.377 e. The van der Waals surface area contributed by atoms with E-state index in [1.54, 1.807) is 21.3 Å². The molecule has 0 aliphatic carbocycles. The largest absolute Gasteiger partial charge is 0.500 e. The lowest BCUT2D eigenvalue weighted by Crippen LogP contribution is -2.43. The van der Waals surface area contributed by atoms with Gasteiger partial charge in [0.05, 0.1) is 0 Å². The summed E-state index contributed by atoms with van der Waals surface area (Å²) in [6, 6.07) is 0.198. The predicted octanol–water partition coefficient (Wildman–Crippen LogP) is 0.249. The number of amides is 1. The predicted molar refractivity (Wildman–Crippen MR) is 78.8 cm³/mol. The fourth-order valence-electron chi connectivity index (χ4n) is 1.80. The second kappa shape index (κ2) is 8.07. The fourth-order valence-corrected chi connectivity index (χ4v) is 3.52. The van der Waals surface area contributed by atoms with E-state index in [1.165, 1.54) is 0 Å². The van der Waals surface area contributed by atoms with Crippen molar-refractivity contribution in [3.8, 4) is 0 Å². The van der Waals surface area contributed by atoms with Crippen molar-refractivity contribution in [1.82, 2.24) is 20.1 Å². The topological polar surface area (TPSA) is 114 Å². The van der Waals surface area contributed by atoms with E-state index in [0.717, 1.165) is 4.68 Å². The van der Waals surface area contributed by atoms with Gasteiger partial charge in [-0.05, 0) is 6.42 Å². The first kappa shape index (κ1) is 17.6. The van der Waals surface area contributed by atoms with Crippen LogP contribution in [0.4, 0.5) is 10.7 Å². The molecule has 0 bridgehead atoms. The molecule has 1 aromatic heterocycles. The number of aromatic nitrogens is 3. The van der Waals surface area contributed by atoms with Gasteiger partial charge in [0.2, 0.25) is 5.95 Å². The molecular formula is C11H23N5O4Si. The Labute approximate surface area is 125 Å². The number of anilines is 1. The molecular weight excluding hydrogens is 294 g/mol. The molecule has 0 spiro atoms. The Kier molecular flexibility index (Phi) is 6.75.